The van der Waals surface area contributed by atoms with Crippen LogP contribution in [0, 0.1) is 0 Å². The Kier molecular flexibility index (Phi) is 5.97. The first-order valence-electron chi connectivity index (χ1n) is 10.9. The first-order valence-corrected chi connectivity index (χ1v) is 12.3. The summed E-state index contributed by atoms with van der Waals surface area (Å²) < 4.78 is 29.8. The van der Waals surface area contributed by atoms with Gasteiger partial charge < -0.3 is 9.47 Å². The van der Waals surface area contributed by atoms with Crippen molar-refractivity contribution in [3.8, 4) is 0 Å². The number of amides is 1. The molecule has 2 fully saturated rings. The van der Waals surface area contributed by atoms with E-state index in [1.165, 1.54) is 6.42 Å². The summed E-state index contributed by atoms with van der Waals surface area (Å²) in [4.78, 5) is 15.2. The molecule has 3 heterocycles. The van der Waals surface area contributed by atoms with Crippen LogP contribution < -0.4 is 0 Å². The third kappa shape index (κ3) is 4.08. The highest BCUT2D eigenvalue weighted by Crippen LogP contribution is 2.27. The highest BCUT2D eigenvalue weighted by atomic mass is 32.2. The molecule has 0 bridgehead atoms. The van der Waals surface area contributed by atoms with E-state index in [0.29, 0.717) is 18.0 Å². The quantitative estimate of drug-likeness (QED) is 0.761. The molecule has 29 heavy (non-hydrogen) atoms. The lowest BCUT2D eigenvalue weighted by Crippen LogP contribution is -2.39. The first-order chi connectivity index (χ1) is 14.0. The summed E-state index contributed by atoms with van der Waals surface area (Å²) >= 11 is 0. The first kappa shape index (κ1) is 20.4. The molecule has 1 atom stereocenters. The van der Waals surface area contributed by atoms with Gasteiger partial charge in [0.05, 0.1) is 4.90 Å². The molecule has 0 saturated carbocycles. The molecule has 1 aromatic carbocycles. The maximum atomic E-state index is 13.1. The normalized spacial score (nSPS) is 20.5. The maximum Gasteiger partial charge on any atom is 0.245 e. The summed E-state index contributed by atoms with van der Waals surface area (Å²) in [5, 5.41) is 0.860. The number of aromatic nitrogens is 1. The van der Waals surface area contributed by atoms with Crippen LogP contribution in [0.5, 0.6) is 0 Å². The van der Waals surface area contributed by atoms with E-state index in [0.717, 1.165) is 62.5 Å². The molecule has 0 radical (unpaired) electrons. The molecular weight excluding hydrogens is 386 g/mol. The van der Waals surface area contributed by atoms with Crippen molar-refractivity contribution in [2.75, 3.05) is 26.2 Å². The van der Waals surface area contributed by atoms with Gasteiger partial charge in [0.2, 0.25) is 15.9 Å². The summed E-state index contributed by atoms with van der Waals surface area (Å²) in [5.74, 6) is 0.142. The summed E-state index contributed by atoms with van der Waals surface area (Å²) in [6, 6.07) is 6.91. The van der Waals surface area contributed by atoms with E-state index in [9.17, 15) is 13.2 Å². The number of carbonyl (C=O) groups excluding carboxylic acids is 1. The average molecular weight is 418 g/mol. The number of hydrogen-bond donors (Lipinski definition) is 0. The molecular formula is C22H31N3O3S. The fraction of sp³-hybridized carbons (Fsp3) is 0.591. The minimum absolute atomic E-state index is 0.142. The molecule has 0 N–H and O–H groups in total. The van der Waals surface area contributed by atoms with Crippen molar-refractivity contribution < 1.29 is 13.2 Å². The van der Waals surface area contributed by atoms with E-state index in [1.807, 2.05) is 34.7 Å². The van der Waals surface area contributed by atoms with Crippen LogP contribution in [0.3, 0.4) is 0 Å². The molecule has 2 aromatic rings. The second-order valence-electron chi connectivity index (χ2n) is 8.32. The molecule has 2 saturated heterocycles. The predicted molar refractivity (Wildman–Crippen MR) is 114 cm³/mol. The number of rotatable bonds is 4. The van der Waals surface area contributed by atoms with Gasteiger partial charge in [0.25, 0.3) is 0 Å². The predicted octanol–water partition coefficient (Wildman–Crippen LogP) is 3.78. The molecule has 1 amide bonds. The number of carbonyl (C=O) groups is 1. The Hall–Kier alpha value is -1.86. The van der Waals surface area contributed by atoms with Crippen LogP contribution in [-0.2, 0) is 14.8 Å². The summed E-state index contributed by atoms with van der Waals surface area (Å²) in [7, 11) is -3.47. The SMILES string of the molecule is C[C@H](C(=O)N1CCCCC1)n1ccc2cc(S(=O)(=O)N3CCCCCC3)ccc21. The van der Waals surface area contributed by atoms with Crippen LogP contribution in [0.25, 0.3) is 10.9 Å². The van der Waals surface area contributed by atoms with Crippen LogP contribution in [0.2, 0.25) is 0 Å². The van der Waals surface area contributed by atoms with Crippen LogP contribution >= 0.6 is 0 Å². The Morgan fingerprint density at radius 2 is 1.52 bits per heavy atom. The van der Waals surface area contributed by atoms with E-state index in [4.69, 9.17) is 0 Å². The molecule has 0 unspecified atom stereocenters. The zero-order chi connectivity index (χ0) is 20.4. The average Bonchev–Trinajstić information content (AvgIpc) is 2.96. The van der Waals surface area contributed by atoms with E-state index >= 15 is 0 Å². The van der Waals surface area contributed by atoms with Gasteiger partial charge in [-0.3, -0.25) is 4.79 Å². The minimum atomic E-state index is -3.47. The standard InChI is InChI=1S/C22H31N3O3S/c1-18(22(26)23-12-5-4-6-13-23)25-16-11-19-17-20(9-10-21(19)25)29(27,28)24-14-7-2-3-8-15-24/h9-11,16-18H,2-8,12-15H2,1H3/t18-/m1/s1. The Morgan fingerprint density at radius 3 is 2.21 bits per heavy atom. The van der Waals surface area contributed by atoms with Gasteiger partial charge in [-0.2, -0.15) is 4.31 Å². The van der Waals surface area contributed by atoms with Gasteiger partial charge in [0, 0.05) is 43.3 Å². The highest BCUT2D eigenvalue weighted by Gasteiger charge is 2.27. The third-order valence-corrected chi connectivity index (χ3v) is 8.23. The molecule has 6 nitrogen and oxygen atoms in total. The Balaban J connectivity index is 1.59. The molecule has 2 aliphatic heterocycles. The van der Waals surface area contributed by atoms with Crippen LogP contribution in [0.15, 0.2) is 35.4 Å². The van der Waals surface area contributed by atoms with Gasteiger partial charge in [-0.15, -0.1) is 0 Å². The van der Waals surface area contributed by atoms with E-state index in [2.05, 4.69) is 0 Å². The minimum Gasteiger partial charge on any atom is -0.341 e. The van der Waals surface area contributed by atoms with Gasteiger partial charge in [0.1, 0.15) is 6.04 Å². The summed E-state index contributed by atoms with van der Waals surface area (Å²) in [6.07, 6.45) is 9.28. The largest absolute Gasteiger partial charge is 0.341 e. The number of fused-ring (bicyclic) bond motifs is 1. The highest BCUT2D eigenvalue weighted by molar-refractivity contribution is 7.89. The Bertz CT molecular complexity index is 968. The maximum absolute atomic E-state index is 13.1. The fourth-order valence-electron chi connectivity index (χ4n) is 4.57. The zero-order valence-electron chi connectivity index (χ0n) is 17.2. The number of hydrogen-bond acceptors (Lipinski definition) is 3. The number of likely N-dealkylation sites (tertiary alicyclic amines) is 1. The Labute approximate surface area is 173 Å². The van der Waals surface area contributed by atoms with Crippen molar-refractivity contribution in [1.82, 2.24) is 13.8 Å². The summed E-state index contributed by atoms with van der Waals surface area (Å²) in [6.45, 7) is 4.80. The summed E-state index contributed by atoms with van der Waals surface area (Å²) in [5.41, 5.74) is 0.901. The van der Waals surface area contributed by atoms with E-state index < -0.39 is 10.0 Å². The Morgan fingerprint density at radius 1 is 0.897 bits per heavy atom. The van der Waals surface area contributed by atoms with Gasteiger partial charge in [-0.1, -0.05) is 12.8 Å². The second-order valence-corrected chi connectivity index (χ2v) is 10.3. The van der Waals surface area contributed by atoms with Gasteiger partial charge in [-0.25, -0.2) is 8.42 Å². The zero-order valence-corrected chi connectivity index (χ0v) is 18.0. The number of benzene rings is 1. The van der Waals surface area contributed by atoms with Crippen molar-refractivity contribution in [1.29, 1.82) is 0 Å². The van der Waals surface area contributed by atoms with E-state index in [1.54, 1.807) is 16.4 Å². The molecule has 1 aromatic heterocycles. The lowest BCUT2D eigenvalue weighted by molar-refractivity contribution is -0.135. The second kappa shape index (κ2) is 8.48. The molecule has 7 heteroatoms. The molecule has 0 aliphatic carbocycles. The lowest BCUT2D eigenvalue weighted by atomic mass is 10.1. The van der Waals surface area contributed by atoms with Crippen molar-refractivity contribution in [2.24, 2.45) is 0 Å². The van der Waals surface area contributed by atoms with Crippen molar-refractivity contribution in [3.05, 3.63) is 30.5 Å². The fourth-order valence-corrected chi connectivity index (χ4v) is 6.12. The number of nitrogens with zero attached hydrogens (tertiary/aromatic N) is 3. The van der Waals surface area contributed by atoms with Crippen LogP contribution in [0.4, 0.5) is 0 Å². The monoisotopic (exact) mass is 417 g/mol. The molecule has 4 rings (SSSR count). The van der Waals surface area contributed by atoms with Gasteiger partial charge >= 0.3 is 0 Å². The van der Waals surface area contributed by atoms with Crippen molar-refractivity contribution >= 4 is 26.8 Å². The lowest BCUT2D eigenvalue weighted by Gasteiger charge is -2.30. The molecule has 2 aliphatic rings. The smallest absolute Gasteiger partial charge is 0.245 e. The topological polar surface area (TPSA) is 62.6 Å². The van der Waals surface area contributed by atoms with Gasteiger partial charge in [-0.05, 0) is 63.3 Å². The third-order valence-electron chi connectivity index (χ3n) is 6.34. The molecule has 0 spiro atoms. The van der Waals surface area contributed by atoms with E-state index in [-0.39, 0.29) is 11.9 Å². The van der Waals surface area contributed by atoms with Crippen molar-refractivity contribution in [3.63, 3.8) is 0 Å². The van der Waals surface area contributed by atoms with Crippen LogP contribution in [-0.4, -0.2) is 54.3 Å². The number of sulfonamides is 1. The van der Waals surface area contributed by atoms with Crippen LogP contribution in [0.1, 0.15) is 57.9 Å². The number of piperidine rings is 1. The van der Waals surface area contributed by atoms with Gasteiger partial charge in [0.15, 0.2) is 0 Å². The van der Waals surface area contributed by atoms with Crippen molar-refractivity contribution in [2.45, 2.75) is 62.8 Å². The molecule has 158 valence electrons.